The molecule has 0 heterocycles. The molecule has 0 aliphatic rings. The molecule has 0 N–H and O–H groups in total. The van der Waals surface area contributed by atoms with Crippen LogP contribution in [0.1, 0.15) is 25.3 Å². The van der Waals surface area contributed by atoms with Gasteiger partial charge >= 0.3 is 0 Å². The van der Waals surface area contributed by atoms with Gasteiger partial charge in [0.1, 0.15) is 11.6 Å². The number of methoxy groups -OCH3 is 1. The Bertz CT molecular complexity index is 678. The largest absolute Gasteiger partial charge is 0.496 e. The lowest BCUT2D eigenvalue weighted by Crippen LogP contribution is -2.10. The summed E-state index contributed by atoms with van der Waals surface area (Å²) in [6, 6.07) is 11.4. The highest BCUT2D eigenvalue weighted by Gasteiger charge is 2.13. The highest BCUT2D eigenvalue weighted by Crippen LogP contribution is 2.28. The monoisotopic (exact) mass is 272 g/mol. The molecule has 0 bridgehead atoms. The molecule has 2 aromatic carbocycles. The van der Waals surface area contributed by atoms with Gasteiger partial charge in [-0.1, -0.05) is 38.1 Å². The summed E-state index contributed by atoms with van der Waals surface area (Å²) in [6.07, 6.45) is 0. The fourth-order valence-corrected chi connectivity index (χ4v) is 2.17. The average molecular weight is 272 g/mol. The van der Waals surface area contributed by atoms with Gasteiger partial charge in [0.25, 0.3) is 0 Å². The minimum absolute atomic E-state index is 0.0464. The summed E-state index contributed by atoms with van der Waals surface area (Å²) in [4.78, 5) is 12.6. The first-order chi connectivity index (χ1) is 9.54. The highest BCUT2D eigenvalue weighted by molar-refractivity contribution is 5.70. The molecule has 0 spiro atoms. The van der Waals surface area contributed by atoms with Gasteiger partial charge in [0.05, 0.1) is 7.11 Å². The molecule has 0 saturated carbocycles. The van der Waals surface area contributed by atoms with Crippen LogP contribution in [0.2, 0.25) is 0 Å². The van der Waals surface area contributed by atoms with Crippen molar-refractivity contribution < 1.29 is 9.13 Å². The van der Waals surface area contributed by atoms with Crippen molar-refractivity contribution >= 4 is 0 Å². The number of hydrogen-bond donors (Lipinski definition) is 0. The average Bonchev–Trinajstić information content (AvgIpc) is 2.60. The number of benzene rings is 1. The zero-order valence-corrected chi connectivity index (χ0v) is 11.8. The first-order valence-electron chi connectivity index (χ1n) is 6.51. The normalized spacial score (nSPS) is 10.7. The molecule has 104 valence electrons. The van der Waals surface area contributed by atoms with E-state index < -0.39 is 0 Å². The Labute approximate surface area is 117 Å². The third-order valence-electron chi connectivity index (χ3n) is 3.23. The Morgan fingerprint density at radius 2 is 1.75 bits per heavy atom. The van der Waals surface area contributed by atoms with Crippen LogP contribution < -0.4 is 10.2 Å². The lowest BCUT2D eigenvalue weighted by atomic mass is 10.00. The molecular weight excluding hydrogens is 255 g/mol. The molecule has 0 aliphatic carbocycles. The van der Waals surface area contributed by atoms with Gasteiger partial charge in [-0.05, 0) is 18.1 Å². The Morgan fingerprint density at radius 1 is 1.05 bits per heavy atom. The van der Waals surface area contributed by atoms with E-state index in [0.717, 1.165) is 5.56 Å². The van der Waals surface area contributed by atoms with Crippen LogP contribution in [0.5, 0.6) is 5.75 Å². The zero-order valence-electron chi connectivity index (χ0n) is 11.8. The maximum Gasteiger partial charge on any atom is 0.190 e. The summed E-state index contributed by atoms with van der Waals surface area (Å²) in [5.74, 6) is 0.102. The summed E-state index contributed by atoms with van der Waals surface area (Å²) < 4.78 is 18.5. The fourth-order valence-electron chi connectivity index (χ4n) is 2.17. The van der Waals surface area contributed by atoms with Crippen LogP contribution in [-0.4, -0.2) is 7.11 Å². The lowest BCUT2D eigenvalue weighted by Gasteiger charge is -2.08. The number of rotatable bonds is 3. The second kappa shape index (κ2) is 5.87. The fraction of sp³-hybridized carbons (Fsp3) is 0.235. The van der Waals surface area contributed by atoms with Crippen LogP contribution in [0, 0.1) is 5.82 Å². The molecule has 2 rings (SSSR count). The van der Waals surface area contributed by atoms with Gasteiger partial charge in [-0.3, -0.25) is 4.79 Å². The molecule has 0 atom stereocenters. The second-order valence-corrected chi connectivity index (χ2v) is 4.92. The Kier molecular flexibility index (Phi) is 4.18. The quantitative estimate of drug-likeness (QED) is 0.844. The van der Waals surface area contributed by atoms with Crippen molar-refractivity contribution in [3.05, 3.63) is 64.1 Å². The van der Waals surface area contributed by atoms with Crippen LogP contribution in [0.15, 0.2) is 47.3 Å². The van der Waals surface area contributed by atoms with Crippen molar-refractivity contribution in [1.29, 1.82) is 0 Å². The maximum atomic E-state index is 13.3. The SMILES string of the molecule is COc1cc(F)ccc1-c1ccccc(C(C)C)c1=O. The number of halogens is 1. The standard InChI is InChI=1S/C17H17FO2/c1-11(2)13-6-4-5-7-15(17(13)19)14-9-8-12(18)10-16(14)20-3/h4-11H,1-3H3. The van der Waals surface area contributed by atoms with Gasteiger partial charge in [0.2, 0.25) is 0 Å². The number of ether oxygens (including phenoxy) is 1. The van der Waals surface area contributed by atoms with Gasteiger partial charge in [-0.25, -0.2) is 4.39 Å². The van der Waals surface area contributed by atoms with Crippen LogP contribution >= 0.6 is 0 Å². The third-order valence-corrected chi connectivity index (χ3v) is 3.23. The van der Waals surface area contributed by atoms with Crippen LogP contribution in [0.4, 0.5) is 4.39 Å². The van der Waals surface area contributed by atoms with Crippen molar-refractivity contribution in [1.82, 2.24) is 0 Å². The maximum absolute atomic E-state index is 13.3. The minimum Gasteiger partial charge on any atom is -0.496 e. The second-order valence-electron chi connectivity index (χ2n) is 4.92. The van der Waals surface area contributed by atoms with E-state index in [1.165, 1.54) is 19.2 Å². The summed E-state index contributed by atoms with van der Waals surface area (Å²) in [6.45, 7) is 3.95. The highest BCUT2D eigenvalue weighted by atomic mass is 19.1. The molecule has 3 heteroatoms. The molecule has 2 nitrogen and oxygen atoms in total. The van der Waals surface area contributed by atoms with Gasteiger partial charge in [-0.2, -0.15) is 0 Å². The molecule has 0 saturated heterocycles. The molecule has 20 heavy (non-hydrogen) atoms. The third kappa shape index (κ3) is 2.72. The summed E-state index contributed by atoms with van der Waals surface area (Å²) in [5, 5.41) is 0. The predicted octanol–water partition coefficient (Wildman–Crippen LogP) is 3.98. The topological polar surface area (TPSA) is 26.3 Å². The Morgan fingerprint density at radius 3 is 2.40 bits per heavy atom. The molecular formula is C17H17FO2. The summed E-state index contributed by atoms with van der Waals surface area (Å²) >= 11 is 0. The van der Waals surface area contributed by atoms with E-state index in [4.69, 9.17) is 4.74 Å². The van der Waals surface area contributed by atoms with Crippen molar-refractivity contribution in [2.24, 2.45) is 0 Å². The van der Waals surface area contributed by atoms with E-state index in [-0.39, 0.29) is 17.2 Å². The van der Waals surface area contributed by atoms with Gasteiger partial charge in [-0.15, -0.1) is 0 Å². The van der Waals surface area contributed by atoms with Crippen LogP contribution in [0.25, 0.3) is 11.1 Å². The smallest absolute Gasteiger partial charge is 0.190 e. The summed E-state index contributed by atoms with van der Waals surface area (Å²) in [7, 11) is 1.47. The van der Waals surface area contributed by atoms with E-state index in [9.17, 15) is 9.18 Å². The van der Waals surface area contributed by atoms with Gasteiger partial charge in [0, 0.05) is 22.8 Å². The first-order valence-corrected chi connectivity index (χ1v) is 6.51. The van der Waals surface area contributed by atoms with E-state index in [1.807, 2.05) is 32.0 Å². The molecule has 0 amide bonds. The minimum atomic E-state index is -0.387. The number of hydrogen-bond acceptors (Lipinski definition) is 2. The molecule has 0 fully saturated rings. The predicted molar refractivity (Wildman–Crippen MR) is 78.7 cm³/mol. The molecule has 0 unspecified atom stereocenters. The van der Waals surface area contributed by atoms with E-state index >= 15 is 0 Å². The van der Waals surface area contributed by atoms with Gasteiger partial charge < -0.3 is 4.74 Å². The van der Waals surface area contributed by atoms with Crippen LogP contribution in [0.3, 0.4) is 0 Å². The van der Waals surface area contributed by atoms with Crippen molar-refractivity contribution in [3.63, 3.8) is 0 Å². The Hall–Kier alpha value is -2.16. The zero-order chi connectivity index (χ0) is 14.7. The van der Waals surface area contributed by atoms with Crippen molar-refractivity contribution in [3.8, 4) is 16.9 Å². The van der Waals surface area contributed by atoms with Crippen molar-refractivity contribution in [2.75, 3.05) is 7.11 Å². The van der Waals surface area contributed by atoms with Crippen molar-refractivity contribution in [2.45, 2.75) is 19.8 Å². The lowest BCUT2D eigenvalue weighted by molar-refractivity contribution is 0.413. The summed E-state index contributed by atoms with van der Waals surface area (Å²) in [5.41, 5.74) is 1.82. The molecule has 0 aliphatic heterocycles. The van der Waals surface area contributed by atoms with Gasteiger partial charge in [0.15, 0.2) is 5.43 Å². The first kappa shape index (κ1) is 14.3. The van der Waals surface area contributed by atoms with E-state index in [0.29, 0.717) is 16.9 Å². The molecule has 0 radical (unpaired) electrons. The molecule has 2 aromatic rings. The Balaban J connectivity index is 2.74. The molecule has 0 aromatic heterocycles. The van der Waals surface area contributed by atoms with E-state index in [2.05, 4.69) is 0 Å². The van der Waals surface area contributed by atoms with Crippen LogP contribution in [-0.2, 0) is 0 Å². The van der Waals surface area contributed by atoms with E-state index in [1.54, 1.807) is 12.1 Å².